The average molecular weight is 278 g/mol. The summed E-state index contributed by atoms with van der Waals surface area (Å²) < 4.78 is 1.52. The lowest BCUT2D eigenvalue weighted by Crippen LogP contribution is -2.33. The maximum atomic E-state index is 12.3. The smallest absolute Gasteiger partial charge is 0.276 e. The van der Waals surface area contributed by atoms with Crippen LogP contribution in [0.5, 0.6) is 0 Å². The van der Waals surface area contributed by atoms with E-state index in [4.69, 9.17) is 11.6 Å². The Bertz CT molecular complexity index is 734. The number of aryl methyl sites for hydroxylation is 1. The maximum absolute atomic E-state index is 12.3. The van der Waals surface area contributed by atoms with Crippen LogP contribution in [0.2, 0.25) is 5.02 Å². The molecule has 1 aromatic carbocycles. The standard InChI is InChI=1S/C13H12ClN3O2/c1-17-10-5-2-7(14)6-9(10)12(18)11(16-17)13(19)15-8-3-4-8/h2,5-6,8H,3-4H2,1H3,(H,15,19). The van der Waals surface area contributed by atoms with Crippen LogP contribution in [-0.4, -0.2) is 21.7 Å². The van der Waals surface area contributed by atoms with E-state index < -0.39 is 5.91 Å². The summed E-state index contributed by atoms with van der Waals surface area (Å²) in [5.41, 5.74) is 0.190. The molecule has 2 aromatic rings. The Labute approximate surface area is 114 Å². The molecule has 1 fully saturated rings. The highest BCUT2D eigenvalue weighted by molar-refractivity contribution is 6.31. The summed E-state index contributed by atoms with van der Waals surface area (Å²) in [6, 6.07) is 5.16. The van der Waals surface area contributed by atoms with Crippen LogP contribution >= 0.6 is 11.6 Å². The number of hydrogen-bond donors (Lipinski definition) is 1. The third-order valence-electron chi connectivity index (χ3n) is 3.14. The zero-order chi connectivity index (χ0) is 13.6. The van der Waals surface area contributed by atoms with Crippen molar-refractivity contribution in [1.29, 1.82) is 0 Å². The first-order valence-electron chi connectivity index (χ1n) is 6.03. The van der Waals surface area contributed by atoms with Gasteiger partial charge in [0.05, 0.1) is 10.9 Å². The molecular formula is C13H12ClN3O2. The Balaban J connectivity index is 2.17. The van der Waals surface area contributed by atoms with Gasteiger partial charge in [-0.15, -0.1) is 0 Å². The first kappa shape index (κ1) is 12.2. The largest absolute Gasteiger partial charge is 0.348 e. The second kappa shape index (κ2) is 4.35. The summed E-state index contributed by atoms with van der Waals surface area (Å²) in [5.74, 6) is -0.412. The van der Waals surface area contributed by atoms with Crippen LogP contribution < -0.4 is 10.7 Å². The van der Waals surface area contributed by atoms with Crippen molar-refractivity contribution in [2.45, 2.75) is 18.9 Å². The van der Waals surface area contributed by atoms with E-state index in [1.165, 1.54) is 4.68 Å². The number of aromatic nitrogens is 2. The van der Waals surface area contributed by atoms with Crippen LogP contribution in [-0.2, 0) is 7.05 Å². The molecule has 5 nitrogen and oxygen atoms in total. The van der Waals surface area contributed by atoms with E-state index in [-0.39, 0.29) is 17.2 Å². The number of nitrogens with one attached hydrogen (secondary N) is 1. The van der Waals surface area contributed by atoms with E-state index in [1.807, 2.05) is 0 Å². The molecule has 19 heavy (non-hydrogen) atoms. The fourth-order valence-corrected chi connectivity index (χ4v) is 2.15. The van der Waals surface area contributed by atoms with Crippen molar-refractivity contribution in [3.63, 3.8) is 0 Å². The number of hydrogen-bond acceptors (Lipinski definition) is 3. The quantitative estimate of drug-likeness (QED) is 0.904. The normalized spacial score (nSPS) is 14.6. The van der Waals surface area contributed by atoms with Gasteiger partial charge in [0.2, 0.25) is 5.43 Å². The lowest BCUT2D eigenvalue weighted by molar-refractivity contribution is 0.0943. The zero-order valence-electron chi connectivity index (χ0n) is 10.3. The molecule has 0 bridgehead atoms. The number of carbonyl (C=O) groups is 1. The van der Waals surface area contributed by atoms with Crippen molar-refractivity contribution < 1.29 is 4.79 Å². The molecule has 6 heteroatoms. The molecule has 0 aliphatic heterocycles. The van der Waals surface area contributed by atoms with Crippen molar-refractivity contribution in [3.05, 3.63) is 39.1 Å². The summed E-state index contributed by atoms with van der Waals surface area (Å²) in [6.07, 6.45) is 1.93. The number of nitrogens with zero attached hydrogens (tertiary/aromatic N) is 2. The first-order valence-corrected chi connectivity index (χ1v) is 6.41. The van der Waals surface area contributed by atoms with Crippen LogP contribution in [0.1, 0.15) is 23.3 Å². The SMILES string of the molecule is Cn1nc(C(=O)NC2CC2)c(=O)c2cc(Cl)ccc21. The van der Waals surface area contributed by atoms with Gasteiger partial charge >= 0.3 is 0 Å². The second-order valence-electron chi connectivity index (χ2n) is 4.71. The number of amides is 1. The summed E-state index contributed by atoms with van der Waals surface area (Å²) in [4.78, 5) is 24.3. The minimum Gasteiger partial charge on any atom is -0.348 e. The minimum absolute atomic E-state index is 0.0795. The molecule has 1 saturated carbocycles. The third-order valence-corrected chi connectivity index (χ3v) is 3.38. The molecule has 1 heterocycles. The van der Waals surface area contributed by atoms with E-state index in [1.54, 1.807) is 25.2 Å². The van der Waals surface area contributed by atoms with Crippen molar-refractivity contribution in [1.82, 2.24) is 15.1 Å². The van der Waals surface area contributed by atoms with Gasteiger partial charge in [-0.1, -0.05) is 11.6 Å². The highest BCUT2D eigenvalue weighted by atomic mass is 35.5. The molecule has 1 aromatic heterocycles. The van der Waals surface area contributed by atoms with E-state index in [2.05, 4.69) is 10.4 Å². The molecule has 1 N–H and O–H groups in total. The number of fused-ring (bicyclic) bond motifs is 1. The molecule has 3 rings (SSSR count). The van der Waals surface area contributed by atoms with Gasteiger partial charge in [0.25, 0.3) is 5.91 Å². The molecule has 1 amide bonds. The van der Waals surface area contributed by atoms with E-state index >= 15 is 0 Å². The van der Waals surface area contributed by atoms with Gasteiger partial charge in [-0.3, -0.25) is 14.3 Å². The van der Waals surface area contributed by atoms with E-state index in [0.717, 1.165) is 12.8 Å². The summed E-state index contributed by atoms with van der Waals surface area (Å²) >= 11 is 5.90. The number of benzene rings is 1. The van der Waals surface area contributed by atoms with Crippen LogP contribution in [0, 0.1) is 0 Å². The highest BCUT2D eigenvalue weighted by Crippen LogP contribution is 2.19. The predicted molar refractivity (Wildman–Crippen MR) is 72.5 cm³/mol. The number of halogens is 1. The minimum atomic E-state index is -0.412. The Morgan fingerprint density at radius 2 is 2.21 bits per heavy atom. The van der Waals surface area contributed by atoms with Gasteiger partial charge in [0.15, 0.2) is 5.69 Å². The maximum Gasteiger partial charge on any atom is 0.276 e. The molecule has 0 saturated heterocycles. The first-order chi connectivity index (χ1) is 9.06. The second-order valence-corrected chi connectivity index (χ2v) is 5.15. The lowest BCUT2D eigenvalue weighted by Gasteiger charge is -2.08. The molecule has 0 unspecified atom stereocenters. The van der Waals surface area contributed by atoms with Crippen LogP contribution in [0.25, 0.3) is 10.9 Å². The predicted octanol–water partition coefficient (Wildman–Crippen LogP) is 1.48. The molecular weight excluding hydrogens is 266 g/mol. The lowest BCUT2D eigenvalue weighted by atomic mass is 10.2. The highest BCUT2D eigenvalue weighted by Gasteiger charge is 2.26. The Morgan fingerprint density at radius 1 is 1.47 bits per heavy atom. The van der Waals surface area contributed by atoms with E-state index in [9.17, 15) is 9.59 Å². The van der Waals surface area contributed by atoms with Crippen molar-refractivity contribution >= 4 is 28.4 Å². The summed E-state index contributed by atoms with van der Waals surface area (Å²) in [5, 5.41) is 7.70. The monoisotopic (exact) mass is 277 g/mol. The molecule has 1 aliphatic carbocycles. The molecule has 0 radical (unpaired) electrons. The topological polar surface area (TPSA) is 64.0 Å². The number of rotatable bonds is 2. The van der Waals surface area contributed by atoms with E-state index in [0.29, 0.717) is 15.9 Å². The number of carbonyl (C=O) groups excluding carboxylic acids is 1. The van der Waals surface area contributed by atoms with Gasteiger partial charge in [-0.25, -0.2) is 0 Å². The van der Waals surface area contributed by atoms with Crippen LogP contribution in [0.4, 0.5) is 0 Å². The average Bonchev–Trinajstić information content (AvgIpc) is 3.17. The fraction of sp³-hybridized carbons (Fsp3) is 0.308. The van der Waals surface area contributed by atoms with Crippen LogP contribution in [0.15, 0.2) is 23.0 Å². The Kier molecular flexibility index (Phi) is 2.78. The van der Waals surface area contributed by atoms with Gasteiger partial charge in [-0.05, 0) is 31.0 Å². The summed E-state index contributed by atoms with van der Waals surface area (Å²) in [6.45, 7) is 0. The van der Waals surface area contributed by atoms with Gasteiger partial charge in [-0.2, -0.15) is 5.10 Å². The molecule has 0 spiro atoms. The molecule has 98 valence electrons. The third kappa shape index (κ3) is 2.21. The van der Waals surface area contributed by atoms with Gasteiger partial charge in [0.1, 0.15) is 0 Å². The zero-order valence-corrected chi connectivity index (χ0v) is 11.1. The van der Waals surface area contributed by atoms with Gasteiger partial charge < -0.3 is 5.32 Å². The van der Waals surface area contributed by atoms with Gasteiger partial charge in [0, 0.05) is 18.1 Å². The van der Waals surface area contributed by atoms with Crippen molar-refractivity contribution in [3.8, 4) is 0 Å². The molecule has 0 atom stereocenters. The molecule has 1 aliphatic rings. The summed E-state index contributed by atoms with van der Waals surface area (Å²) in [7, 11) is 1.70. The fourth-order valence-electron chi connectivity index (χ4n) is 1.98. The van der Waals surface area contributed by atoms with Crippen molar-refractivity contribution in [2.24, 2.45) is 7.05 Å². The Morgan fingerprint density at radius 3 is 2.89 bits per heavy atom. The Hall–Kier alpha value is -1.88. The van der Waals surface area contributed by atoms with Crippen molar-refractivity contribution in [2.75, 3.05) is 0 Å². The van der Waals surface area contributed by atoms with Crippen LogP contribution in [0.3, 0.4) is 0 Å².